The van der Waals surface area contributed by atoms with Crippen molar-refractivity contribution >= 4 is 29.2 Å². The van der Waals surface area contributed by atoms with Gasteiger partial charge in [0.2, 0.25) is 0 Å². The Morgan fingerprint density at radius 3 is 2.54 bits per heavy atom. The fraction of sp³-hybridized carbons (Fsp3) is 0.250. The average Bonchev–Trinajstić information content (AvgIpc) is 2.52. The van der Waals surface area contributed by atoms with Crippen LogP contribution in [-0.2, 0) is 4.79 Å². The molecule has 0 unspecified atom stereocenters. The number of halogens is 1. The molecule has 2 aromatic carbocycles. The number of benzene rings is 2. The number of aliphatic carboxylic acids is 1. The Balaban J connectivity index is 2.41. The summed E-state index contributed by atoms with van der Waals surface area (Å²) in [5, 5.41) is 10.1. The minimum atomic E-state index is -0.968. The normalized spacial score (nSPS) is 11.4. The van der Waals surface area contributed by atoms with Gasteiger partial charge in [-0.05, 0) is 55.2 Å². The Kier molecular flexibility index (Phi) is 6.04. The first kappa shape index (κ1) is 18.1. The second kappa shape index (κ2) is 8.02. The number of carboxylic acids is 1. The van der Waals surface area contributed by atoms with Crippen LogP contribution < -0.4 is 4.74 Å². The molecule has 0 aliphatic carbocycles. The summed E-state index contributed by atoms with van der Waals surface area (Å²) < 4.78 is 5.54. The highest BCUT2D eigenvalue weighted by atomic mass is 35.5. The number of ether oxygens (including phenoxy) is 1. The SMILES string of the molecule is CCCOc1ccc(/C=C(\C(=O)O)c2ccc(C)cc2C)cc1Cl. The zero-order valence-electron chi connectivity index (χ0n) is 14.1. The van der Waals surface area contributed by atoms with Crippen molar-refractivity contribution in [2.24, 2.45) is 0 Å². The molecule has 0 aromatic heterocycles. The summed E-state index contributed by atoms with van der Waals surface area (Å²) in [7, 11) is 0. The first-order chi connectivity index (χ1) is 11.4. The first-order valence-electron chi connectivity index (χ1n) is 7.87. The van der Waals surface area contributed by atoms with Crippen molar-refractivity contribution in [3.05, 3.63) is 63.7 Å². The van der Waals surface area contributed by atoms with Gasteiger partial charge in [0, 0.05) is 0 Å². The molecule has 0 atom stereocenters. The van der Waals surface area contributed by atoms with E-state index in [9.17, 15) is 9.90 Å². The quantitative estimate of drug-likeness (QED) is 0.566. The molecule has 0 aliphatic heterocycles. The van der Waals surface area contributed by atoms with E-state index in [0.717, 1.165) is 23.1 Å². The lowest BCUT2D eigenvalue weighted by atomic mass is 9.97. The topological polar surface area (TPSA) is 46.5 Å². The van der Waals surface area contributed by atoms with Crippen molar-refractivity contribution in [3.8, 4) is 5.75 Å². The Morgan fingerprint density at radius 1 is 1.21 bits per heavy atom. The van der Waals surface area contributed by atoms with Gasteiger partial charge in [0.15, 0.2) is 0 Å². The van der Waals surface area contributed by atoms with E-state index in [0.29, 0.717) is 22.9 Å². The van der Waals surface area contributed by atoms with Crippen LogP contribution in [0.4, 0.5) is 0 Å². The molecular weight excluding hydrogens is 324 g/mol. The summed E-state index contributed by atoms with van der Waals surface area (Å²) in [5.74, 6) is -0.358. The molecule has 0 saturated heterocycles. The molecule has 2 aromatic rings. The van der Waals surface area contributed by atoms with Crippen LogP contribution >= 0.6 is 11.6 Å². The second-order valence-corrected chi connectivity index (χ2v) is 6.13. The van der Waals surface area contributed by atoms with Crippen LogP contribution in [-0.4, -0.2) is 17.7 Å². The highest BCUT2D eigenvalue weighted by Crippen LogP contribution is 2.29. The smallest absolute Gasteiger partial charge is 0.336 e. The van der Waals surface area contributed by atoms with Crippen LogP contribution in [0, 0.1) is 13.8 Å². The van der Waals surface area contributed by atoms with E-state index in [2.05, 4.69) is 0 Å². The fourth-order valence-corrected chi connectivity index (χ4v) is 2.72. The maximum atomic E-state index is 11.7. The molecule has 0 spiro atoms. The van der Waals surface area contributed by atoms with Gasteiger partial charge in [-0.25, -0.2) is 4.79 Å². The molecule has 0 bridgehead atoms. The monoisotopic (exact) mass is 344 g/mol. The van der Waals surface area contributed by atoms with Crippen LogP contribution in [0.3, 0.4) is 0 Å². The highest BCUT2D eigenvalue weighted by Gasteiger charge is 2.13. The molecule has 0 heterocycles. The van der Waals surface area contributed by atoms with Crippen LogP contribution in [0.25, 0.3) is 11.6 Å². The van der Waals surface area contributed by atoms with Gasteiger partial charge in [-0.2, -0.15) is 0 Å². The van der Waals surface area contributed by atoms with Gasteiger partial charge in [-0.15, -0.1) is 0 Å². The molecule has 0 radical (unpaired) electrons. The second-order valence-electron chi connectivity index (χ2n) is 5.72. The molecule has 1 N–H and O–H groups in total. The molecule has 0 amide bonds. The molecule has 3 nitrogen and oxygen atoms in total. The molecule has 2 rings (SSSR count). The molecule has 0 aliphatic rings. The molecule has 126 valence electrons. The number of hydrogen-bond donors (Lipinski definition) is 1. The number of aryl methyl sites for hydroxylation is 2. The third-order valence-electron chi connectivity index (χ3n) is 3.63. The molecule has 4 heteroatoms. The maximum Gasteiger partial charge on any atom is 0.336 e. The zero-order chi connectivity index (χ0) is 17.7. The van der Waals surface area contributed by atoms with Crippen molar-refractivity contribution in [3.63, 3.8) is 0 Å². The first-order valence-corrected chi connectivity index (χ1v) is 8.25. The molecular formula is C20H21ClO3. The number of carboxylic acid groups (broad SMARTS) is 1. The molecule has 0 saturated carbocycles. The van der Waals surface area contributed by atoms with Gasteiger partial charge < -0.3 is 9.84 Å². The van der Waals surface area contributed by atoms with Gasteiger partial charge in [-0.1, -0.05) is 48.4 Å². The predicted octanol–water partition coefficient (Wildman–Crippen LogP) is 5.37. The third kappa shape index (κ3) is 4.39. The number of rotatable bonds is 6. The average molecular weight is 345 g/mol. The van der Waals surface area contributed by atoms with Crippen LogP contribution in [0.2, 0.25) is 5.02 Å². The predicted molar refractivity (Wildman–Crippen MR) is 98.7 cm³/mol. The summed E-state index contributed by atoms with van der Waals surface area (Å²) in [4.78, 5) is 11.7. The van der Waals surface area contributed by atoms with Gasteiger partial charge in [0.05, 0.1) is 17.2 Å². The summed E-state index contributed by atoms with van der Waals surface area (Å²) in [6, 6.07) is 11.0. The lowest BCUT2D eigenvalue weighted by Gasteiger charge is -2.10. The van der Waals surface area contributed by atoms with Crippen molar-refractivity contribution in [2.45, 2.75) is 27.2 Å². The van der Waals surface area contributed by atoms with Gasteiger partial charge >= 0.3 is 5.97 Å². The van der Waals surface area contributed by atoms with E-state index in [1.165, 1.54) is 0 Å². The summed E-state index contributed by atoms with van der Waals surface area (Å²) >= 11 is 6.22. The molecule has 24 heavy (non-hydrogen) atoms. The maximum absolute atomic E-state index is 11.7. The van der Waals surface area contributed by atoms with E-state index in [1.807, 2.05) is 45.0 Å². The van der Waals surface area contributed by atoms with Crippen molar-refractivity contribution < 1.29 is 14.6 Å². The lowest BCUT2D eigenvalue weighted by Crippen LogP contribution is -2.02. The lowest BCUT2D eigenvalue weighted by molar-refractivity contribution is -0.130. The third-order valence-corrected chi connectivity index (χ3v) is 3.93. The van der Waals surface area contributed by atoms with E-state index in [-0.39, 0.29) is 5.57 Å². The van der Waals surface area contributed by atoms with E-state index in [4.69, 9.17) is 16.3 Å². The van der Waals surface area contributed by atoms with Crippen LogP contribution in [0.5, 0.6) is 5.75 Å². The Hall–Kier alpha value is -2.26. The largest absolute Gasteiger partial charge is 0.492 e. The van der Waals surface area contributed by atoms with Gasteiger partial charge in [-0.3, -0.25) is 0 Å². The van der Waals surface area contributed by atoms with Crippen molar-refractivity contribution in [1.82, 2.24) is 0 Å². The Labute approximate surface area is 147 Å². The van der Waals surface area contributed by atoms with Gasteiger partial charge in [0.1, 0.15) is 5.75 Å². The zero-order valence-corrected chi connectivity index (χ0v) is 14.9. The standard InChI is InChI=1S/C20H21ClO3/c1-4-9-24-19-8-6-15(12-18(19)21)11-17(20(22)23)16-7-5-13(2)10-14(16)3/h5-8,10-12H,4,9H2,1-3H3,(H,22,23)/b17-11-. The highest BCUT2D eigenvalue weighted by molar-refractivity contribution is 6.32. The van der Waals surface area contributed by atoms with E-state index < -0.39 is 5.97 Å². The van der Waals surface area contributed by atoms with Crippen molar-refractivity contribution in [2.75, 3.05) is 6.61 Å². The minimum absolute atomic E-state index is 0.241. The Morgan fingerprint density at radius 2 is 1.96 bits per heavy atom. The summed E-state index contributed by atoms with van der Waals surface area (Å²) in [6.45, 7) is 6.51. The van der Waals surface area contributed by atoms with Gasteiger partial charge in [0.25, 0.3) is 0 Å². The van der Waals surface area contributed by atoms with E-state index >= 15 is 0 Å². The fourth-order valence-electron chi connectivity index (χ4n) is 2.47. The molecule has 0 fully saturated rings. The number of carbonyl (C=O) groups is 1. The minimum Gasteiger partial charge on any atom is -0.492 e. The summed E-state index contributed by atoms with van der Waals surface area (Å²) in [6.07, 6.45) is 2.53. The van der Waals surface area contributed by atoms with Crippen molar-refractivity contribution in [1.29, 1.82) is 0 Å². The van der Waals surface area contributed by atoms with Crippen LogP contribution in [0.15, 0.2) is 36.4 Å². The number of hydrogen-bond acceptors (Lipinski definition) is 2. The van der Waals surface area contributed by atoms with E-state index in [1.54, 1.807) is 18.2 Å². The summed E-state index contributed by atoms with van der Waals surface area (Å²) in [5.41, 5.74) is 3.70. The Bertz CT molecular complexity index is 778. The van der Waals surface area contributed by atoms with Crippen LogP contribution in [0.1, 0.15) is 35.6 Å².